The fraction of sp³-hybridized carbons (Fsp3) is 0.176. The molecule has 0 unspecified atom stereocenters. The van der Waals surface area contributed by atoms with Crippen LogP contribution in [0.15, 0.2) is 46.9 Å². The molecular formula is C17H15N3O4S. The van der Waals surface area contributed by atoms with Gasteiger partial charge in [0, 0.05) is 6.42 Å². The zero-order valence-corrected chi connectivity index (χ0v) is 14.0. The molecule has 2 rings (SSSR count). The van der Waals surface area contributed by atoms with E-state index in [0.717, 1.165) is 4.88 Å². The van der Waals surface area contributed by atoms with Crippen molar-refractivity contribution in [1.82, 2.24) is 5.43 Å². The van der Waals surface area contributed by atoms with Gasteiger partial charge in [-0.25, -0.2) is 5.43 Å². The van der Waals surface area contributed by atoms with Gasteiger partial charge in [0.25, 0.3) is 5.91 Å². The first-order valence-electron chi connectivity index (χ1n) is 7.32. The molecular weight excluding hydrogens is 342 g/mol. The van der Waals surface area contributed by atoms with Crippen molar-refractivity contribution in [3.8, 4) is 11.8 Å². The normalized spacial score (nSPS) is 10.8. The molecule has 0 aliphatic heterocycles. The summed E-state index contributed by atoms with van der Waals surface area (Å²) in [5.41, 5.74) is 3.38. The van der Waals surface area contributed by atoms with Crippen LogP contribution in [-0.2, 0) is 9.59 Å². The summed E-state index contributed by atoms with van der Waals surface area (Å²) in [4.78, 5) is 23.4. The van der Waals surface area contributed by atoms with Gasteiger partial charge >= 0.3 is 5.97 Å². The highest BCUT2D eigenvalue weighted by Crippen LogP contribution is 2.14. The highest BCUT2D eigenvalue weighted by atomic mass is 32.1. The number of nitrogens with zero attached hydrogens (tertiary/aromatic N) is 2. The number of benzene rings is 1. The number of thiophene rings is 1. The van der Waals surface area contributed by atoms with E-state index in [1.54, 1.807) is 24.3 Å². The first-order chi connectivity index (χ1) is 12.1. The number of hydrazone groups is 1. The Bertz CT molecular complexity index is 792. The number of aliphatic carboxylic acids is 1. The Labute approximate surface area is 148 Å². The van der Waals surface area contributed by atoms with Crippen LogP contribution in [0.3, 0.4) is 0 Å². The maximum atomic E-state index is 11.8. The molecule has 0 spiro atoms. The van der Waals surface area contributed by atoms with Crippen LogP contribution in [0.5, 0.6) is 5.75 Å². The number of nitrogens with one attached hydrogen (secondary N) is 1. The monoisotopic (exact) mass is 357 g/mol. The largest absolute Gasteiger partial charge is 0.484 e. The number of rotatable bonds is 8. The van der Waals surface area contributed by atoms with Crippen molar-refractivity contribution in [1.29, 1.82) is 5.26 Å². The third-order valence-corrected chi connectivity index (χ3v) is 3.97. The number of carboxylic acids is 1. The molecule has 0 saturated carbocycles. The number of nitriles is 1. The average Bonchev–Trinajstić information content (AvgIpc) is 3.14. The summed E-state index contributed by atoms with van der Waals surface area (Å²) in [6, 6.07) is 12.0. The van der Waals surface area contributed by atoms with Crippen LogP contribution in [-0.4, -0.2) is 29.3 Å². The topological polar surface area (TPSA) is 112 Å². The summed E-state index contributed by atoms with van der Waals surface area (Å²) < 4.78 is 5.31. The minimum Gasteiger partial charge on any atom is -0.484 e. The molecule has 128 valence electrons. The maximum absolute atomic E-state index is 11.8. The summed E-state index contributed by atoms with van der Waals surface area (Å²) in [5, 5.41) is 23.4. The van der Waals surface area contributed by atoms with Crippen molar-refractivity contribution in [2.45, 2.75) is 12.8 Å². The lowest BCUT2D eigenvalue weighted by molar-refractivity contribution is -0.136. The Hall–Kier alpha value is -3.18. The second-order valence-corrected chi connectivity index (χ2v) is 5.84. The Morgan fingerprint density at radius 3 is 2.60 bits per heavy atom. The summed E-state index contributed by atoms with van der Waals surface area (Å²) in [6.45, 7) is -0.244. The third kappa shape index (κ3) is 6.08. The molecule has 0 fully saturated rings. The van der Waals surface area contributed by atoms with Crippen molar-refractivity contribution in [3.63, 3.8) is 0 Å². The van der Waals surface area contributed by atoms with Gasteiger partial charge in [-0.2, -0.15) is 10.4 Å². The van der Waals surface area contributed by atoms with E-state index >= 15 is 0 Å². The summed E-state index contributed by atoms with van der Waals surface area (Å²) >= 11 is 1.42. The zero-order chi connectivity index (χ0) is 18.1. The van der Waals surface area contributed by atoms with Crippen molar-refractivity contribution < 1.29 is 19.4 Å². The first-order valence-corrected chi connectivity index (χ1v) is 8.20. The molecule has 1 amide bonds. The molecule has 7 nitrogen and oxygen atoms in total. The molecule has 0 aliphatic rings. The molecule has 1 aromatic carbocycles. The van der Waals surface area contributed by atoms with Crippen molar-refractivity contribution in [3.05, 3.63) is 52.2 Å². The smallest absolute Gasteiger partial charge is 0.303 e. The van der Waals surface area contributed by atoms with Crippen LogP contribution in [0.4, 0.5) is 0 Å². The lowest BCUT2D eigenvalue weighted by Gasteiger charge is -2.06. The number of carbonyl (C=O) groups excluding carboxylic acids is 1. The van der Waals surface area contributed by atoms with Gasteiger partial charge in [-0.3, -0.25) is 9.59 Å². The van der Waals surface area contributed by atoms with Gasteiger partial charge in [0.1, 0.15) is 5.75 Å². The second-order valence-electron chi connectivity index (χ2n) is 4.89. The number of ether oxygens (including phenoxy) is 1. The van der Waals surface area contributed by atoms with Crippen molar-refractivity contribution in [2.75, 3.05) is 6.61 Å². The minimum atomic E-state index is -0.931. The Balaban J connectivity index is 1.91. The molecule has 1 heterocycles. The summed E-state index contributed by atoms with van der Waals surface area (Å²) in [6.07, 6.45) is 0.140. The van der Waals surface area contributed by atoms with Crippen LogP contribution in [0.25, 0.3) is 0 Å². The maximum Gasteiger partial charge on any atom is 0.303 e. The van der Waals surface area contributed by atoms with E-state index in [2.05, 4.69) is 10.5 Å². The molecule has 2 aromatic rings. The van der Waals surface area contributed by atoms with Gasteiger partial charge in [-0.15, -0.1) is 11.3 Å². The fourth-order valence-electron chi connectivity index (χ4n) is 1.84. The molecule has 0 atom stereocenters. The number of carbonyl (C=O) groups is 2. The Morgan fingerprint density at radius 1 is 1.24 bits per heavy atom. The Kier molecular flexibility index (Phi) is 6.68. The van der Waals surface area contributed by atoms with Gasteiger partial charge in [-0.05, 0) is 35.7 Å². The summed E-state index contributed by atoms with van der Waals surface area (Å²) in [7, 11) is 0. The Morgan fingerprint density at radius 2 is 2.00 bits per heavy atom. The second kappa shape index (κ2) is 9.20. The van der Waals surface area contributed by atoms with Crippen LogP contribution in [0.1, 0.15) is 23.3 Å². The van der Waals surface area contributed by atoms with Gasteiger partial charge in [-0.1, -0.05) is 6.07 Å². The van der Waals surface area contributed by atoms with Crippen molar-refractivity contribution >= 4 is 28.9 Å². The highest BCUT2D eigenvalue weighted by molar-refractivity contribution is 7.12. The van der Waals surface area contributed by atoms with Gasteiger partial charge in [0.15, 0.2) is 6.61 Å². The molecule has 1 aromatic heterocycles. The summed E-state index contributed by atoms with van der Waals surface area (Å²) in [5.74, 6) is -0.934. The van der Waals surface area contributed by atoms with E-state index in [1.165, 1.54) is 11.3 Å². The van der Waals surface area contributed by atoms with Gasteiger partial charge in [0.2, 0.25) is 0 Å². The fourth-order valence-corrected chi connectivity index (χ4v) is 2.58. The first kappa shape index (κ1) is 18.2. The number of hydrogen-bond donors (Lipinski definition) is 2. The van der Waals surface area contributed by atoms with Crippen molar-refractivity contribution in [2.24, 2.45) is 5.10 Å². The SMILES string of the molecule is N#Cc1ccc(OCC(=O)N/N=C(/CCC(=O)O)c2cccs2)cc1. The standard InChI is InChI=1S/C17H15N3O4S/c18-10-12-3-5-13(6-4-12)24-11-16(21)20-19-14(7-8-17(22)23)15-2-1-9-25-15/h1-6,9H,7-8,11H2,(H,20,21)(H,22,23)/b19-14-. The molecule has 0 aliphatic carbocycles. The van der Waals surface area contributed by atoms with Crippen LogP contribution >= 0.6 is 11.3 Å². The molecule has 2 N–H and O–H groups in total. The van der Waals surface area contributed by atoms with Gasteiger partial charge < -0.3 is 9.84 Å². The lowest BCUT2D eigenvalue weighted by Crippen LogP contribution is -2.26. The van der Waals surface area contributed by atoms with E-state index in [1.807, 2.05) is 23.6 Å². The predicted octanol–water partition coefficient (Wildman–Crippen LogP) is 2.38. The number of hydrogen-bond acceptors (Lipinski definition) is 6. The van der Waals surface area contributed by atoms with Crippen LogP contribution in [0.2, 0.25) is 0 Å². The molecule has 0 saturated heterocycles. The third-order valence-electron chi connectivity index (χ3n) is 3.05. The predicted molar refractivity (Wildman–Crippen MR) is 92.5 cm³/mol. The molecule has 8 heteroatoms. The molecule has 0 radical (unpaired) electrons. The van der Waals surface area contributed by atoms with Crippen LogP contribution < -0.4 is 10.2 Å². The molecule has 0 bridgehead atoms. The quantitative estimate of drug-likeness (QED) is 0.556. The average molecular weight is 357 g/mol. The minimum absolute atomic E-state index is 0.0751. The zero-order valence-electron chi connectivity index (χ0n) is 13.1. The molecule has 25 heavy (non-hydrogen) atoms. The highest BCUT2D eigenvalue weighted by Gasteiger charge is 2.09. The van der Waals surface area contributed by atoms with E-state index in [9.17, 15) is 9.59 Å². The van der Waals surface area contributed by atoms with E-state index in [-0.39, 0.29) is 19.4 Å². The lowest BCUT2D eigenvalue weighted by atomic mass is 10.2. The van der Waals surface area contributed by atoms with E-state index in [0.29, 0.717) is 17.0 Å². The number of carboxylic acid groups (broad SMARTS) is 1. The van der Waals surface area contributed by atoms with E-state index < -0.39 is 11.9 Å². The number of amides is 1. The van der Waals surface area contributed by atoms with E-state index in [4.69, 9.17) is 15.1 Å². The van der Waals surface area contributed by atoms with Gasteiger partial charge in [0.05, 0.1) is 28.6 Å². The van der Waals surface area contributed by atoms with Crippen LogP contribution in [0, 0.1) is 11.3 Å².